The van der Waals surface area contributed by atoms with Crippen LogP contribution in [0.25, 0.3) is 0 Å². The first-order valence-electron chi connectivity index (χ1n) is 14.7. The fraction of sp³-hybridized carbons (Fsp3) is 0.742. The molecular weight excluding hydrogens is 466 g/mol. The molecule has 1 aliphatic heterocycles. The van der Waals surface area contributed by atoms with Gasteiger partial charge in [0.2, 0.25) is 11.7 Å². The molecule has 37 heavy (non-hydrogen) atoms. The van der Waals surface area contributed by atoms with Crippen LogP contribution in [-0.4, -0.2) is 30.8 Å². The highest BCUT2D eigenvalue weighted by molar-refractivity contribution is 5.84. The lowest BCUT2D eigenvalue weighted by Gasteiger charge is -2.17. The van der Waals surface area contributed by atoms with Crippen molar-refractivity contribution in [3.63, 3.8) is 0 Å². The van der Waals surface area contributed by atoms with Crippen molar-refractivity contribution in [1.29, 1.82) is 0 Å². The molecule has 0 aromatic heterocycles. The molecule has 0 spiro atoms. The van der Waals surface area contributed by atoms with Crippen molar-refractivity contribution in [2.75, 3.05) is 7.11 Å². The fourth-order valence-electron chi connectivity index (χ4n) is 4.89. The largest absolute Gasteiger partial charge is 0.467 e. The van der Waals surface area contributed by atoms with Crippen molar-refractivity contribution in [1.82, 2.24) is 5.32 Å². The van der Waals surface area contributed by atoms with E-state index in [2.05, 4.69) is 12.2 Å². The molecule has 1 N–H and O–H groups in total. The number of unbranched alkanes of at least 4 members (excludes halogenated alkanes) is 14. The zero-order valence-electron chi connectivity index (χ0n) is 23.9. The number of carbonyl (C=O) groups excluding carboxylic acids is 2. The van der Waals surface area contributed by atoms with E-state index in [9.17, 15) is 9.59 Å². The van der Waals surface area contributed by atoms with Crippen molar-refractivity contribution in [2.45, 2.75) is 142 Å². The molecule has 1 amide bonds. The predicted molar refractivity (Wildman–Crippen MR) is 149 cm³/mol. The number of nitrogens with one attached hydrogen (secondary N) is 1. The Bertz CT molecular complexity index is 807. The van der Waals surface area contributed by atoms with Gasteiger partial charge in [-0.2, -0.15) is 0 Å². The minimum atomic E-state index is -0.720. The highest BCUT2D eigenvalue weighted by Crippen LogP contribution is 2.39. The lowest BCUT2D eigenvalue weighted by Crippen LogP contribution is -2.43. The smallest absolute Gasteiger partial charge is 0.328 e. The molecule has 210 valence electrons. The lowest BCUT2D eigenvalue weighted by atomic mass is 10.0. The third-order valence-corrected chi connectivity index (χ3v) is 6.99. The number of hydrogen-bond acceptors (Lipinski definition) is 5. The van der Waals surface area contributed by atoms with E-state index in [4.69, 9.17) is 14.2 Å². The second-order valence-corrected chi connectivity index (χ2v) is 10.9. The van der Waals surface area contributed by atoms with Crippen molar-refractivity contribution in [2.24, 2.45) is 0 Å². The van der Waals surface area contributed by atoms with Crippen molar-refractivity contribution >= 4 is 11.9 Å². The summed E-state index contributed by atoms with van der Waals surface area (Å²) >= 11 is 0. The summed E-state index contributed by atoms with van der Waals surface area (Å²) < 4.78 is 16.5. The molecule has 2 rings (SSSR count). The first-order valence-corrected chi connectivity index (χ1v) is 14.7. The monoisotopic (exact) mass is 517 g/mol. The van der Waals surface area contributed by atoms with Gasteiger partial charge in [0.25, 0.3) is 0 Å². The summed E-state index contributed by atoms with van der Waals surface area (Å²) in [5.74, 6) is 0.0788. The first-order chi connectivity index (χ1) is 17.8. The van der Waals surface area contributed by atoms with Gasteiger partial charge < -0.3 is 19.5 Å². The summed E-state index contributed by atoms with van der Waals surface area (Å²) in [5.41, 5.74) is 0.878. The molecule has 6 nitrogen and oxygen atoms in total. The molecule has 1 aromatic carbocycles. The average Bonchev–Trinajstić information content (AvgIpc) is 3.18. The Morgan fingerprint density at radius 2 is 1.32 bits per heavy atom. The van der Waals surface area contributed by atoms with Crippen LogP contribution in [0, 0.1) is 0 Å². The maximum absolute atomic E-state index is 12.5. The van der Waals surface area contributed by atoms with E-state index < -0.39 is 17.8 Å². The van der Waals surface area contributed by atoms with Gasteiger partial charge in [-0.25, -0.2) is 4.79 Å². The van der Waals surface area contributed by atoms with E-state index >= 15 is 0 Å². The van der Waals surface area contributed by atoms with Crippen LogP contribution in [0.15, 0.2) is 18.2 Å². The van der Waals surface area contributed by atoms with Crippen LogP contribution in [0.1, 0.15) is 129 Å². The predicted octanol–water partition coefficient (Wildman–Crippen LogP) is 7.66. The van der Waals surface area contributed by atoms with Crippen LogP contribution in [0.4, 0.5) is 0 Å². The SMILES string of the molecule is CCCCCCCCCCCCCCCCCC(=O)N[C@@H](Cc1ccc2c(c1)OC(C)(C)O2)C(=O)OC. The Morgan fingerprint density at radius 3 is 1.86 bits per heavy atom. The van der Waals surface area contributed by atoms with Gasteiger partial charge in [-0.3, -0.25) is 4.79 Å². The van der Waals surface area contributed by atoms with E-state index in [0.29, 0.717) is 24.3 Å². The molecule has 0 saturated heterocycles. The first kappa shape index (κ1) is 31.0. The number of methoxy groups -OCH3 is 1. The number of ether oxygens (including phenoxy) is 3. The molecule has 0 bridgehead atoms. The van der Waals surface area contributed by atoms with Crippen LogP contribution < -0.4 is 14.8 Å². The third-order valence-electron chi connectivity index (χ3n) is 6.99. The fourth-order valence-corrected chi connectivity index (χ4v) is 4.89. The zero-order valence-corrected chi connectivity index (χ0v) is 23.9. The van der Waals surface area contributed by atoms with E-state index in [0.717, 1.165) is 18.4 Å². The number of benzene rings is 1. The topological polar surface area (TPSA) is 73.9 Å². The second-order valence-electron chi connectivity index (χ2n) is 10.9. The molecule has 1 aromatic rings. The summed E-state index contributed by atoms with van der Waals surface area (Å²) in [4.78, 5) is 24.8. The summed E-state index contributed by atoms with van der Waals surface area (Å²) in [6.45, 7) is 5.97. The third kappa shape index (κ3) is 12.7. The second kappa shape index (κ2) is 17.3. The van der Waals surface area contributed by atoms with Crippen molar-refractivity contribution < 1.29 is 23.8 Å². The zero-order chi connectivity index (χ0) is 26.9. The number of rotatable bonds is 20. The maximum Gasteiger partial charge on any atom is 0.328 e. The van der Waals surface area contributed by atoms with E-state index in [1.165, 1.54) is 90.6 Å². The summed E-state index contributed by atoms with van der Waals surface area (Å²) in [5, 5.41) is 2.86. The molecular formula is C31H51NO5. The minimum absolute atomic E-state index is 0.105. The van der Waals surface area contributed by atoms with E-state index in [1.54, 1.807) is 0 Å². The van der Waals surface area contributed by atoms with Gasteiger partial charge in [-0.1, -0.05) is 103 Å². The van der Waals surface area contributed by atoms with Gasteiger partial charge in [0.05, 0.1) is 7.11 Å². The van der Waals surface area contributed by atoms with Crippen molar-refractivity contribution in [3.8, 4) is 11.5 Å². The maximum atomic E-state index is 12.5. The van der Waals surface area contributed by atoms with Crippen LogP contribution >= 0.6 is 0 Å². The Labute approximate surface area is 225 Å². The van der Waals surface area contributed by atoms with Gasteiger partial charge in [-0.05, 0) is 24.1 Å². The average molecular weight is 518 g/mol. The van der Waals surface area contributed by atoms with Gasteiger partial charge in [0.1, 0.15) is 6.04 Å². The number of fused-ring (bicyclic) bond motifs is 1. The molecule has 1 atom stereocenters. The highest BCUT2D eigenvalue weighted by atomic mass is 16.7. The van der Waals surface area contributed by atoms with E-state index in [-0.39, 0.29) is 5.91 Å². The molecule has 0 unspecified atom stereocenters. The Morgan fingerprint density at radius 1 is 0.811 bits per heavy atom. The van der Waals surface area contributed by atoms with Crippen LogP contribution in [0.2, 0.25) is 0 Å². The quantitative estimate of drug-likeness (QED) is 0.142. The number of amides is 1. The summed E-state index contributed by atoms with van der Waals surface area (Å²) in [7, 11) is 1.35. The Hall–Kier alpha value is -2.24. The van der Waals surface area contributed by atoms with Crippen LogP contribution in [0.3, 0.4) is 0 Å². The molecule has 1 aliphatic rings. The van der Waals surface area contributed by atoms with Crippen LogP contribution in [-0.2, 0) is 20.7 Å². The molecule has 0 aliphatic carbocycles. The summed E-state index contributed by atoms with van der Waals surface area (Å²) in [6, 6.07) is 4.87. The molecule has 1 heterocycles. The standard InChI is InChI=1S/C31H51NO5/c1-5-6-7-8-9-10-11-12-13-14-15-16-17-18-19-20-29(33)32-26(30(34)35-4)23-25-21-22-27-28(24-25)37-31(2,3)36-27/h21-22,24,26H,5-20,23H2,1-4H3,(H,32,33)/t26-/m0/s1. The lowest BCUT2D eigenvalue weighted by molar-refractivity contribution is -0.145. The highest BCUT2D eigenvalue weighted by Gasteiger charge is 2.32. The number of carbonyl (C=O) groups is 2. The van der Waals surface area contributed by atoms with Crippen LogP contribution in [0.5, 0.6) is 11.5 Å². The molecule has 0 fully saturated rings. The Balaban J connectivity index is 1.55. The minimum Gasteiger partial charge on any atom is -0.467 e. The normalized spacial score (nSPS) is 14.4. The summed E-state index contributed by atoms with van der Waals surface area (Å²) in [6.07, 6.45) is 20.1. The molecule has 0 radical (unpaired) electrons. The van der Waals surface area contributed by atoms with Gasteiger partial charge in [-0.15, -0.1) is 0 Å². The van der Waals surface area contributed by atoms with Gasteiger partial charge in [0.15, 0.2) is 11.5 Å². The number of hydrogen-bond donors (Lipinski definition) is 1. The Kier molecular flexibility index (Phi) is 14.5. The number of esters is 1. The molecule has 6 heteroatoms. The van der Waals surface area contributed by atoms with Crippen molar-refractivity contribution in [3.05, 3.63) is 23.8 Å². The van der Waals surface area contributed by atoms with E-state index in [1.807, 2.05) is 32.0 Å². The van der Waals surface area contributed by atoms with Gasteiger partial charge in [0, 0.05) is 26.7 Å². The molecule has 0 saturated carbocycles. The van der Waals surface area contributed by atoms with Gasteiger partial charge >= 0.3 is 5.97 Å².